The van der Waals surface area contributed by atoms with Crippen LogP contribution in [0.4, 0.5) is 0 Å². The van der Waals surface area contributed by atoms with Crippen molar-refractivity contribution in [3.8, 4) is 0 Å². The molecule has 7 heteroatoms. The van der Waals surface area contributed by atoms with Gasteiger partial charge in [-0.25, -0.2) is 13.1 Å². The molecule has 2 N–H and O–H groups in total. The highest BCUT2D eigenvalue weighted by Crippen LogP contribution is 2.28. The predicted molar refractivity (Wildman–Crippen MR) is 87.3 cm³/mol. The molecule has 1 aromatic heterocycles. The van der Waals surface area contributed by atoms with Crippen molar-refractivity contribution in [1.29, 1.82) is 0 Å². The average molecular weight is 332 g/mol. The SMILES string of the molecule is Cc1csc(CNC2CC2)c1S(=O)(=O)NC(C)CN(C)C. The van der Waals surface area contributed by atoms with Gasteiger partial charge in [0, 0.05) is 30.1 Å². The molecule has 0 spiro atoms. The lowest BCUT2D eigenvalue weighted by molar-refractivity contribution is 0.370. The Morgan fingerprint density at radius 2 is 2.10 bits per heavy atom. The molecule has 1 aromatic rings. The molecule has 1 aliphatic carbocycles. The standard InChI is InChI=1S/C14H25N3O2S2/c1-10-9-20-13(7-15-12-5-6-12)14(10)21(18,19)16-11(2)8-17(3)4/h9,11-12,15-16H,5-8H2,1-4H3. The van der Waals surface area contributed by atoms with E-state index in [0.29, 0.717) is 24.0 Å². The number of hydrogen-bond acceptors (Lipinski definition) is 5. The average Bonchev–Trinajstić information content (AvgIpc) is 3.07. The molecule has 1 fully saturated rings. The first-order valence-corrected chi connectivity index (χ1v) is 9.63. The smallest absolute Gasteiger partial charge is 0.242 e. The van der Waals surface area contributed by atoms with Crippen molar-refractivity contribution >= 4 is 21.4 Å². The number of likely N-dealkylation sites (N-methyl/N-ethyl adjacent to an activating group) is 1. The Hall–Kier alpha value is -0.470. The van der Waals surface area contributed by atoms with E-state index in [1.165, 1.54) is 24.2 Å². The summed E-state index contributed by atoms with van der Waals surface area (Å²) in [6, 6.07) is 0.456. The minimum absolute atomic E-state index is 0.117. The lowest BCUT2D eigenvalue weighted by atomic mass is 10.3. The zero-order chi connectivity index (χ0) is 15.6. The summed E-state index contributed by atoms with van der Waals surface area (Å²) in [4.78, 5) is 3.35. The van der Waals surface area contributed by atoms with Gasteiger partial charge in [0.05, 0.1) is 0 Å². The molecular weight excluding hydrogens is 306 g/mol. The van der Waals surface area contributed by atoms with Crippen molar-refractivity contribution in [3.05, 3.63) is 15.8 Å². The van der Waals surface area contributed by atoms with Crippen LogP contribution in [-0.4, -0.2) is 46.0 Å². The second-order valence-corrected chi connectivity index (χ2v) is 8.73. The highest BCUT2D eigenvalue weighted by molar-refractivity contribution is 7.89. The molecule has 1 unspecified atom stereocenters. The number of sulfonamides is 1. The van der Waals surface area contributed by atoms with Gasteiger partial charge in [0.25, 0.3) is 0 Å². The van der Waals surface area contributed by atoms with Gasteiger partial charge in [-0.15, -0.1) is 11.3 Å². The van der Waals surface area contributed by atoms with Crippen molar-refractivity contribution in [1.82, 2.24) is 14.9 Å². The Morgan fingerprint density at radius 3 is 2.67 bits per heavy atom. The number of nitrogens with one attached hydrogen (secondary N) is 2. The molecule has 5 nitrogen and oxygen atoms in total. The van der Waals surface area contributed by atoms with E-state index in [-0.39, 0.29) is 6.04 Å². The minimum Gasteiger partial charge on any atom is -0.309 e. The fourth-order valence-corrected chi connectivity index (χ4v) is 5.40. The first-order valence-electron chi connectivity index (χ1n) is 7.27. The first-order chi connectivity index (χ1) is 9.79. The molecule has 0 aliphatic heterocycles. The first kappa shape index (κ1) is 16.9. The molecular formula is C14H25N3O2S2. The second kappa shape index (κ2) is 6.75. The predicted octanol–water partition coefficient (Wildman–Crippen LogP) is 1.54. The highest BCUT2D eigenvalue weighted by atomic mass is 32.2. The second-order valence-electron chi connectivity index (χ2n) is 6.11. The largest absolute Gasteiger partial charge is 0.309 e. The Labute approximate surface area is 131 Å². The molecule has 0 saturated heterocycles. The van der Waals surface area contributed by atoms with Crippen LogP contribution in [0.25, 0.3) is 0 Å². The van der Waals surface area contributed by atoms with E-state index in [1.54, 1.807) is 0 Å². The van der Waals surface area contributed by atoms with Gasteiger partial charge in [0.1, 0.15) is 4.90 Å². The van der Waals surface area contributed by atoms with Gasteiger partial charge in [-0.3, -0.25) is 0 Å². The molecule has 0 radical (unpaired) electrons. The van der Waals surface area contributed by atoms with Crippen LogP contribution in [0.1, 0.15) is 30.2 Å². The maximum Gasteiger partial charge on any atom is 0.242 e. The quantitative estimate of drug-likeness (QED) is 0.758. The Bertz CT molecular complexity index is 577. The third kappa shape index (κ3) is 4.75. The summed E-state index contributed by atoms with van der Waals surface area (Å²) in [7, 11) is 0.415. The van der Waals surface area contributed by atoms with Gasteiger partial charge in [0.15, 0.2) is 0 Å². The molecule has 1 atom stereocenters. The van der Waals surface area contributed by atoms with E-state index < -0.39 is 10.0 Å². The summed E-state index contributed by atoms with van der Waals surface area (Å²) in [6.07, 6.45) is 2.40. The summed E-state index contributed by atoms with van der Waals surface area (Å²) >= 11 is 1.52. The number of thiophene rings is 1. The number of rotatable bonds is 8. The van der Waals surface area contributed by atoms with Crippen LogP contribution in [0.3, 0.4) is 0 Å². The van der Waals surface area contributed by atoms with Gasteiger partial charge in [-0.1, -0.05) is 0 Å². The van der Waals surface area contributed by atoms with E-state index in [9.17, 15) is 8.42 Å². The molecule has 0 amide bonds. The van der Waals surface area contributed by atoms with Gasteiger partial charge in [-0.2, -0.15) is 0 Å². The summed E-state index contributed by atoms with van der Waals surface area (Å²) in [6.45, 7) is 5.07. The van der Waals surface area contributed by atoms with Crippen LogP contribution in [0.15, 0.2) is 10.3 Å². The fraction of sp³-hybridized carbons (Fsp3) is 0.714. The zero-order valence-electron chi connectivity index (χ0n) is 13.1. The normalized spacial score (nSPS) is 17.4. The summed E-state index contributed by atoms with van der Waals surface area (Å²) in [5.74, 6) is 0. The third-order valence-electron chi connectivity index (χ3n) is 3.38. The van der Waals surface area contributed by atoms with Crippen LogP contribution in [0.5, 0.6) is 0 Å². The van der Waals surface area contributed by atoms with Gasteiger partial charge in [-0.05, 0) is 51.7 Å². The molecule has 1 heterocycles. The van der Waals surface area contributed by atoms with Crippen LogP contribution >= 0.6 is 11.3 Å². The lowest BCUT2D eigenvalue weighted by Gasteiger charge is -2.19. The highest BCUT2D eigenvalue weighted by Gasteiger charge is 2.26. The number of nitrogens with zero attached hydrogens (tertiary/aromatic N) is 1. The Kier molecular flexibility index (Phi) is 5.43. The van der Waals surface area contributed by atoms with Crippen molar-refractivity contribution in [2.45, 2.75) is 50.2 Å². The molecule has 0 aromatic carbocycles. The number of hydrogen-bond donors (Lipinski definition) is 2. The van der Waals surface area contributed by atoms with Crippen LogP contribution < -0.4 is 10.0 Å². The van der Waals surface area contributed by atoms with E-state index in [2.05, 4.69) is 10.0 Å². The molecule has 1 saturated carbocycles. The van der Waals surface area contributed by atoms with Crippen molar-refractivity contribution < 1.29 is 8.42 Å². The van der Waals surface area contributed by atoms with Crippen LogP contribution in [-0.2, 0) is 16.6 Å². The lowest BCUT2D eigenvalue weighted by Crippen LogP contribution is -2.39. The van der Waals surface area contributed by atoms with Crippen molar-refractivity contribution in [2.75, 3.05) is 20.6 Å². The van der Waals surface area contributed by atoms with Gasteiger partial charge < -0.3 is 10.2 Å². The number of aryl methyl sites for hydroxylation is 1. The van der Waals surface area contributed by atoms with E-state index in [4.69, 9.17) is 0 Å². The Balaban J connectivity index is 2.12. The summed E-state index contributed by atoms with van der Waals surface area (Å²) in [5, 5.41) is 5.32. The summed E-state index contributed by atoms with van der Waals surface area (Å²) < 4.78 is 28.1. The molecule has 2 rings (SSSR count). The van der Waals surface area contributed by atoms with Crippen molar-refractivity contribution in [3.63, 3.8) is 0 Å². The molecule has 120 valence electrons. The van der Waals surface area contributed by atoms with E-state index >= 15 is 0 Å². The van der Waals surface area contributed by atoms with Crippen LogP contribution in [0.2, 0.25) is 0 Å². The van der Waals surface area contributed by atoms with Crippen molar-refractivity contribution in [2.24, 2.45) is 0 Å². The topological polar surface area (TPSA) is 61.4 Å². The molecule has 1 aliphatic rings. The monoisotopic (exact) mass is 331 g/mol. The summed E-state index contributed by atoms with van der Waals surface area (Å²) in [5.41, 5.74) is 0.831. The van der Waals surface area contributed by atoms with Gasteiger partial charge in [0.2, 0.25) is 10.0 Å². The molecule has 0 bridgehead atoms. The maximum atomic E-state index is 12.6. The van der Waals surface area contributed by atoms with E-state index in [0.717, 1.165) is 10.4 Å². The molecule has 21 heavy (non-hydrogen) atoms. The minimum atomic E-state index is -3.46. The fourth-order valence-electron chi connectivity index (χ4n) is 2.40. The van der Waals surface area contributed by atoms with Gasteiger partial charge >= 0.3 is 0 Å². The van der Waals surface area contributed by atoms with E-state index in [1.807, 2.05) is 38.2 Å². The maximum absolute atomic E-state index is 12.6. The Morgan fingerprint density at radius 1 is 1.43 bits per heavy atom. The zero-order valence-corrected chi connectivity index (χ0v) is 14.8. The van der Waals surface area contributed by atoms with Crippen LogP contribution in [0, 0.1) is 6.92 Å². The third-order valence-corrected chi connectivity index (χ3v) is 6.43.